The number of rotatable bonds is 8. The Morgan fingerprint density at radius 1 is 1.32 bits per heavy atom. The molecule has 0 saturated carbocycles. The average Bonchev–Trinajstić information content (AvgIpc) is 2.82. The molecule has 0 aliphatic heterocycles. The van der Waals surface area contributed by atoms with Crippen LogP contribution in [0.15, 0.2) is 22.8 Å². The molecule has 2 heterocycles. The van der Waals surface area contributed by atoms with Crippen molar-refractivity contribution in [2.24, 2.45) is 0 Å². The standard InChI is InChI=1S/C15H23BrN2O3Si/c1-22(2,3)9-8-20-11-18-5-4-12-10-13(16)15(17-14(12)18)21-7-6-19/h4-5,10,19H,6-9,11H2,1-3H3. The smallest absolute Gasteiger partial charge is 0.230 e. The molecule has 0 spiro atoms. The van der Waals surface area contributed by atoms with E-state index in [1.807, 2.05) is 22.9 Å². The topological polar surface area (TPSA) is 56.5 Å². The number of fused-ring (bicyclic) bond motifs is 1. The zero-order valence-electron chi connectivity index (χ0n) is 13.3. The number of halogens is 1. The van der Waals surface area contributed by atoms with Gasteiger partial charge in [-0.15, -0.1) is 0 Å². The molecule has 122 valence electrons. The Morgan fingerprint density at radius 3 is 2.77 bits per heavy atom. The maximum Gasteiger partial charge on any atom is 0.230 e. The molecule has 1 N–H and O–H groups in total. The van der Waals surface area contributed by atoms with Crippen LogP contribution < -0.4 is 4.74 Å². The van der Waals surface area contributed by atoms with Gasteiger partial charge in [0, 0.05) is 26.3 Å². The molecule has 22 heavy (non-hydrogen) atoms. The van der Waals surface area contributed by atoms with Gasteiger partial charge >= 0.3 is 0 Å². The summed E-state index contributed by atoms with van der Waals surface area (Å²) in [5, 5.41) is 9.89. The van der Waals surface area contributed by atoms with Crippen molar-refractivity contribution in [3.05, 3.63) is 22.8 Å². The number of nitrogens with zero attached hydrogens (tertiary/aromatic N) is 2. The Kier molecular flexibility index (Phi) is 6.02. The second-order valence-electron chi connectivity index (χ2n) is 6.39. The van der Waals surface area contributed by atoms with Gasteiger partial charge in [0.25, 0.3) is 0 Å². The Balaban J connectivity index is 2.07. The third-order valence-electron chi connectivity index (χ3n) is 3.22. The number of pyridine rings is 1. The minimum Gasteiger partial charge on any atom is -0.474 e. The van der Waals surface area contributed by atoms with Crippen molar-refractivity contribution >= 4 is 35.0 Å². The lowest BCUT2D eigenvalue weighted by atomic mass is 10.3. The van der Waals surface area contributed by atoms with Crippen molar-refractivity contribution in [2.45, 2.75) is 32.4 Å². The van der Waals surface area contributed by atoms with Crippen LogP contribution in [0.1, 0.15) is 0 Å². The van der Waals surface area contributed by atoms with E-state index >= 15 is 0 Å². The van der Waals surface area contributed by atoms with Crippen LogP contribution in [-0.4, -0.2) is 42.6 Å². The summed E-state index contributed by atoms with van der Waals surface area (Å²) in [5.41, 5.74) is 0.823. The molecule has 0 bridgehead atoms. The summed E-state index contributed by atoms with van der Waals surface area (Å²) >= 11 is 3.44. The minimum absolute atomic E-state index is 0.0347. The number of aliphatic hydroxyl groups excluding tert-OH is 1. The fraction of sp³-hybridized carbons (Fsp3) is 0.533. The zero-order chi connectivity index (χ0) is 16.2. The number of aliphatic hydroxyl groups is 1. The number of hydrogen-bond donors (Lipinski definition) is 1. The van der Waals surface area contributed by atoms with Gasteiger partial charge in [-0.2, -0.15) is 4.98 Å². The maximum absolute atomic E-state index is 8.87. The highest BCUT2D eigenvalue weighted by Crippen LogP contribution is 2.27. The first kappa shape index (κ1) is 17.5. The normalized spacial score (nSPS) is 12.0. The lowest BCUT2D eigenvalue weighted by Crippen LogP contribution is -2.22. The summed E-state index contributed by atoms with van der Waals surface area (Å²) in [6, 6.07) is 5.12. The molecule has 0 aliphatic carbocycles. The lowest BCUT2D eigenvalue weighted by molar-refractivity contribution is 0.0898. The van der Waals surface area contributed by atoms with E-state index in [1.54, 1.807) is 0 Å². The van der Waals surface area contributed by atoms with E-state index in [0.29, 0.717) is 12.6 Å². The summed E-state index contributed by atoms with van der Waals surface area (Å²) in [7, 11) is -1.06. The molecular weight excluding hydrogens is 364 g/mol. The largest absolute Gasteiger partial charge is 0.474 e. The fourth-order valence-electron chi connectivity index (χ4n) is 1.96. The van der Waals surface area contributed by atoms with Gasteiger partial charge < -0.3 is 19.1 Å². The molecule has 5 nitrogen and oxygen atoms in total. The summed E-state index contributed by atoms with van der Waals surface area (Å²) in [6.45, 7) is 8.47. The number of ether oxygens (including phenoxy) is 2. The highest BCUT2D eigenvalue weighted by molar-refractivity contribution is 9.10. The Hall–Kier alpha value is -0.893. The first-order valence-electron chi connectivity index (χ1n) is 7.37. The van der Waals surface area contributed by atoms with Crippen LogP contribution in [-0.2, 0) is 11.5 Å². The number of aromatic nitrogens is 2. The molecule has 0 unspecified atom stereocenters. The lowest BCUT2D eigenvalue weighted by Gasteiger charge is -2.15. The van der Waals surface area contributed by atoms with Crippen molar-refractivity contribution in [2.75, 3.05) is 19.8 Å². The third kappa shape index (κ3) is 4.81. The van der Waals surface area contributed by atoms with Crippen LogP contribution >= 0.6 is 15.9 Å². The molecule has 0 amide bonds. The van der Waals surface area contributed by atoms with E-state index in [2.05, 4.69) is 40.6 Å². The predicted molar refractivity (Wildman–Crippen MR) is 94.1 cm³/mol. The first-order chi connectivity index (χ1) is 10.4. The van der Waals surface area contributed by atoms with Crippen LogP contribution in [0.25, 0.3) is 11.0 Å². The van der Waals surface area contributed by atoms with Crippen molar-refractivity contribution in [1.82, 2.24) is 9.55 Å². The Morgan fingerprint density at radius 2 is 2.09 bits per heavy atom. The Labute approximate surface area is 140 Å². The van der Waals surface area contributed by atoms with E-state index in [-0.39, 0.29) is 13.2 Å². The van der Waals surface area contributed by atoms with E-state index in [0.717, 1.165) is 28.2 Å². The van der Waals surface area contributed by atoms with Crippen LogP contribution in [0.5, 0.6) is 5.88 Å². The van der Waals surface area contributed by atoms with Gasteiger partial charge in [-0.05, 0) is 34.1 Å². The Bertz CT molecular complexity index is 625. The molecule has 0 atom stereocenters. The van der Waals surface area contributed by atoms with Gasteiger partial charge in [-0.1, -0.05) is 19.6 Å². The zero-order valence-corrected chi connectivity index (χ0v) is 15.9. The first-order valence-corrected chi connectivity index (χ1v) is 11.9. The van der Waals surface area contributed by atoms with Crippen LogP contribution in [0, 0.1) is 0 Å². The molecule has 7 heteroatoms. The summed E-state index contributed by atoms with van der Waals surface area (Å²) in [4.78, 5) is 4.51. The van der Waals surface area contributed by atoms with Gasteiger partial charge in [0.05, 0.1) is 11.1 Å². The van der Waals surface area contributed by atoms with Gasteiger partial charge in [-0.3, -0.25) is 0 Å². The molecule has 0 radical (unpaired) electrons. The number of hydrogen-bond acceptors (Lipinski definition) is 4. The predicted octanol–water partition coefficient (Wildman–Crippen LogP) is 3.48. The molecule has 0 saturated heterocycles. The molecule has 2 rings (SSSR count). The molecule has 0 aromatic carbocycles. The highest BCUT2D eigenvalue weighted by Gasteiger charge is 2.13. The van der Waals surface area contributed by atoms with Crippen LogP contribution in [0.2, 0.25) is 25.7 Å². The van der Waals surface area contributed by atoms with Gasteiger partial charge in [0.15, 0.2) is 0 Å². The molecular formula is C15H23BrN2O3Si. The van der Waals surface area contributed by atoms with E-state index in [4.69, 9.17) is 14.6 Å². The molecule has 2 aromatic heterocycles. The third-order valence-corrected chi connectivity index (χ3v) is 5.49. The monoisotopic (exact) mass is 386 g/mol. The molecule has 0 fully saturated rings. The van der Waals surface area contributed by atoms with Gasteiger partial charge in [0.2, 0.25) is 5.88 Å². The highest BCUT2D eigenvalue weighted by atomic mass is 79.9. The quantitative estimate of drug-likeness (QED) is 0.557. The molecule has 2 aromatic rings. The van der Waals surface area contributed by atoms with Gasteiger partial charge in [0.1, 0.15) is 19.0 Å². The molecule has 0 aliphatic rings. The van der Waals surface area contributed by atoms with Gasteiger partial charge in [-0.25, -0.2) is 0 Å². The summed E-state index contributed by atoms with van der Waals surface area (Å²) in [5.74, 6) is 0.489. The second kappa shape index (κ2) is 7.59. The fourth-order valence-corrected chi connectivity index (χ4v) is 3.17. The summed E-state index contributed by atoms with van der Waals surface area (Å²) < 4.78 is 14.0. The summed E-state index contributed by atoms with van der Waals surface area (Å²) in [6.07, 6.45) is 1.97. The SMILES string of the molecule is C[Si](C)(C)CCOCn1ccc2cc(Br)c(OCCO)nc21. The maximum atomic E-state index is 8.87. The minimum atomic E-state index is -1.06. The van der Waals surface area contributed by atoms with E-state index in [1.165, 1.54) is 0 Å². The average molecular weight is 387 g/mol. The van der Waals surface area contributed by atoms with E-state index in [9.17, 15) is 0 Å². The van der Waals surface area contributed by atoms with Crippen molar-refractivity contribution in [3.63, 3.8) is 0 Å². The van der Waals surface area contributed by atoms with Crippen LogP contribution in [0.4, 0.5) is 0 Å². The second-order valence-corrected chi connectivity index (χ2v) is 12.9. The van der Waals surface area contributed by atoms with Crippen molar-refractivity contribution in [1.29, 1.82) is 0 Å². The van der Waals surface area contributed by atoms with Crippen molar-refractivity contribution < 1.29 is 14.6 Å². The van der Waals surface area contributed by atoms with Crippen molar-refractivity contribution in [3.8, 4) is 5.88 Å². The van der Waals surface area contributed by atoms with E-state index < -0.39 is 8.07 Å². The van der Waals surface area contributed by atoms with Crippen LogP contribution in [0.3, 0.4) is 0 Å².